The maximum absolute atomic E-state index is 6.14. The van der Waals surface area contributed by atoms with Crippen LogP contribution < -0.4 is 5.32 Å². The first-order valence-electron chi connectivity index (χ1n) is 9.01. The summed E-state index contributed by atoms with van der Waals surface area (Å²) in [6.07, 6.45) is 13.2. The van der Waals surface area contributed by atoms with Crippen LogP contribution in [0.1, 0.15) is 57.4 Å². The molecule has 0 radical (unpaired) electrons. The molecular weight excluding hydrogens is 288 g/mol. The van der Waals surface area contributed by atoms with Crippen molar-refractivity contribution in [3.8, 4) is 0 Å². The first-order valence-corrected chi connectivity index (χ1v) is 9.01. The summed E-state index contributed by atoms with van der Waals surface area (Å²) in [5.41, 5.74) is 2.40. The topological polar surface area (TPSA) is 62.8 Å². The second kappa shape index (κ2) is 6.11. The third-order valence-corrected chi connectivity index (χ3v) is 5.61. The summed E-state index contributed by atoms with van der Waals surface area (Å²) in [7, 11) is 0. The van der Waals surface area contributed by atoms with Gasteiger partial charge in [0, 0.05) is 18.8 Å². The molecule has 0 unspecified atom stereocenters. The maximum Gasteiger partial charge on any atom is 0.143 e. The monoisotopic (exact) mass is 314 g/mol. The summed E-state index contributed by atoms with van der Waals surface area (Å²) >= 11 is 0. The molecular formula is C18H26N4O. The number of aromatic nitrogens is 3. The molecule has 1 saturated carbocycles. The van der Waals surface area contributed by atoms with Gasteiger partial charge in [-0.05, 0) is 56.9 Å². The van der Waals surface area contributed by atoms with Crippen LogP contribution in [0.4, 0.5) is 5.82 Å². The van der Waals surface area contributed by atoms with Crippen LogP contribution in [0.25, 0.3) is 11.0 Å². The van der Waals surface area contributed by atoms with Crippen molar-refractivity contribution in [3.63, 3.8) is 0 Å². The number of rotatable bonds is 3. The van der Waals surface area contributed by atoms with Gasteiger partial charge >= 0.3 is 0 Å². The van der Waals surface area contributed by atoms with Crippen molar-refractivity contribution in [1.82, 2.24) is 15.0 Å². The van der Waals surface area contributed by atoms with E-state index in [4.69, 9.17) is 4.74 Å². The lowest BCUT2D eigenvalue weighted by Crippen LogP contribution is -2.42. The van der Waals surface area contributed by atoms with Crippen molar-refractivity contribution in [3.05, 3.63) is 18.1 Å². The van der Waals surface area contributed by atoms with E-state index in [9.17, 15) is 0 Å². The number of anilines is 1. The molecule has 1 aliphatic heterocycles. The number of ether oxygens (including phenoxy) is 1. The summed E-state index contributed by atoms with van der Waals surface area (Å²) in [4.78, 5) is 12.1. The molecule has 0 atom stereocenters. The molecule has 5 heteroatoms. The Labute approximate surface area is 137 Å². The fourth-order valence-electron chi connectivity index (χ4n) is 4.20. The van der Waals surface area contributed by atoms with E-state index in [1.54, 1.807) is 6.33 Å². The fourth-order valence-corrected chi connectivity index (χ4v) is 4.20. The quantitative estimate of drug-likeness (QED) is 0.904. The summed E-state index contributed by atoms with van der Waals surface area (Å²) in [6, 6.07) is 0.490. The Morgan fingerprint density at radius 1 is 1.26 bits per heavy atom. The van der Waals surface area contributed by atoms with E-state index in [1.165, 1.54) is 37.7 Å². The molecule has 0 aromatic carbocycles. The molecule has 1 aliphatic carbocycles. The van der Waals surface area contributed by atoms with Crippen LogP contribution in [0.5, 0.6) is 0 Å². The van der Waals surface area contributed by atoms with Gasteiger partial charge < -0.3 is 15.0 Å². The molecule has 5 nitrogen and oxygen atoms in total. The van der Waals surface area contributed by atoms with E-state index < -0.39 is 0 Å². The third kappa shape index (κ3) is 2.82. The Hall–Kier alpha value is -1.62. The molecule has 124 valence electrons. The average molecular weight is 314 g/mol. The first kappa shape index (κ1) is 14.9. The van der Waals surface area contributed by atoms with Crippen LogP contribution in [0.2, 0.25) is 0 Å². The Morgan fingerprint density at radius 3 is 2.87 bits per heavy atom. The number of aryl methyl sites for hydroxylation is 1. The van der Waals surface area contributed by atoms with Crippen LogP contribution in [0, 0.1) is 0 Å². The normalized spacial score (nSPS) is 28.3. The van der Waals surface area contributed by atoms with E-state index in [-0.39, 0.29) is 5.60 Å². The van der Waals surface area contributed by atoms with Crippen LogP contribution in [-0.2, 0) is 11.2 Å². The molecule has 0 amide bonds. The number of fused-ring (bicyclic) bond motifs is 1. The average Bonchev–Trinajstić information content (AvgIpc) is 3.02. The summed E-state index contributed by atoms with van der Waals surface area (Å²) < 4.78 is 6.14. The van der Waals surface area contributed by atoms with Gasteiger partial charge in [0.15, 0.2) is 0 Å². The minimum atomic E-state index is 0.181. The fraction of sp³-hybridized carbons (Fsp3) is 0.667. The smallest absolute Gasteiger partial charge is 0.143 e. The van der Waals surface area contributed by atoms with E-state index >= 15 is 0 Å². The van der Waals surface area contributed by atoms with Crippen LogP contribution >= 0.6 is 0 Å². The zero-order valence-corrected chi connectivity index (χ0v) is 13.9. The van der Waals surface area contributed by atoms with Gasteiger partial charge in [0.2, 0.25) is 0 Å². The maximum atomic E-state index is 6.14. The highest BCUT2D eigenvalue weighted by atomic mass is 16.5. The zero-order valence-electron chi connectivity index (χ0n) is 13.9. The van der Waals surface area contributed by atoms with E-state index in [0.29, 0.717) is 6.04 Å². The largest absolute Gasteiger partial charge is 0.375 e. The number of hydrogen-bond donors (Lipinski definition) is 2. The van der Waals surface area contributed by atoms with Gasteiger partial charge in [-0.15, -0.1) is 0 Å². The lowest BCUT2D eigenvalue weighted by Gasteiger charge is -2.43. The van der Waals surface area contributed by atoms with Crippen molar-refractivity contribution >= 4 is 16.9 Å². The molecule has 4 rings (SSSR count). The van der Waals surface area contributed by atoms with Crippen LogP contribution in [0.3, 0.4) is 0 Å². The van der Waals surface area contributed by atoms with E-state index in [2.05, 4.69) is 33.4 Å². The molecule has 23 heavy (non-hydrogen) atoms. The summed E-state index contributed by atoms with van der Waals surface area (Å²) in [6.45, 7) is 3.12. The molecule has 2 N–H and O–H groups in total. The van der Waals surface area contributed by atoms with Crippen molar-refractivity contribution < 1.29 is 4.74 Å². The minimum Gasteiger partial charge on any atom is -0.375 e. The van der Waals surface area contributed by atoms with E-state index in [0.717, 1.165) is 42.7 Å². The predicted octanol–water partition coefficient (Wildman–Crippen LogP) is 3.81. The molecule has 3 heterocycles. The second-order valence-corrected chi connectivity index (χ2v) is 7.02. The summed E-state index contributed by atoms with van der Waals surface area (Å²) in [5.74, 6) is 0.985. The number of hydrogen-bond acceptors (Lipinski definition) is 4. The lowest BCUT2D eigenvalue weighted by molar-refractivity contribution is -0.101. The molecule has 2 aromatic heterocycles. The van der Waals surface area contributed by atoms with Crippen molar-refractivity contribution in [1.29, 1.82) is 0 Å². The summed E-state index contributed by atoms with van der Waals surface area (Å²) in [5, 5.41) is 4.84. The standard InChI is InChI=1S/C18H26N4O/c1-2-13-11-19-16-15(13)17(21-12-20-16)22-14-5-8-18(9-6-14)7-3-4-10-23-18/h11-12,14H,2-10H2,1H3,(H2,19,20,21,22). The van der Waals surface area contributed by atoms with Crippen LogP contribution in [-0.4, -0.2) is 33.2 Å². The van der Waals surface area contributed by atoms with Gasteiger partial charge in [-0.25, -0.2) is 9.97 Å². The first-order chi connectivity index (χ1) is 11.3. The highest BCUT2D eigenvalue weighted by Gasteiger charge is 2.37. The molecule has 2 aliphatic rings. The van der Waals surface area contributed by atoms with Crippen LogP contribution in [0.15, 0.2) is 12.5 Å². The van der Waals surface area contributed by atoms with Gasteiger partial charge in [0.1, 0.15) is 17.8 Å². The predicted molar refractivity (Wildman–Crippen MR) is 91.7 cm³/mol. The zero-order chi connectivity index (χ0) is 15.7. The molecule has 0 bridgehead atoms. The molecule has 1 spiro atoms. The lowest BCUT2D eigenvalue weighted by atomic mass is 9.78. The molecule has 2 aromatic rings. The SMILES string of the molecule is CCc1c[nH]c2ncnc(NC3CCC4(CCCCO4)CC3)c12. The highest BCUT2D eigenvalue weighted by Crippen LogP contribution is 2.39. The van der Waals surface area contributed by atoms with Crippen molar-refractivity contribution in [2.75, 3.05) is 11.9 Å². The minimum absolute atomic E-state index is 0.181. The van der Waals surface area contributed by atoms with Gasteiger partial charge in [-0.3, -0.25) is 0 Å². The Morgan fingerprint density at radius 2 is 2.13 bits per heavy atom. The third-order valence-electron chi connectivity index (χ3n) is 5.61. The van der Waals surface area contributed by atoms with Crippen molar-refractivity contribution in [2.24, 2.45) is 0 Å². The van der Waals surface area contributed by atoms with Gasteiger partial charge in [-0.1, -0.05) is 6.92 Å². The Kier molecular flexibility index (Phi) is 3.97. The van der Waals surface area contributed by atoms with Gasteiger partial charge in [-0.2, -0.15) is 0 Å². The molecule has 2 fully saturated rings. The molecule has 1 saturated heterocycles. The Bertz CT molecular complexity index is 665. The van der Waals surface area contributed by atoms with Gasteiger partial charge in [0.25, 0.3) is 0 Å². The number of nitrogens with one attached hydrogen (secondary N) is 2. The van der Waals surface area contributed by atoms with E-state index in [1.807, 2.05) is 0 Å². The number of aromatic amines is 1. The highest BCUT2D eigenvalue weighted by molar-refractivity contribution is 5.90. The number of H-pyrrole nitrogens is 1. The Balaban J connectivity index is 1.48. The number of nitrogens with zero attached hydrogens (tertiary/aromatic N) is 2. The van der Waals surface area contributed by atoms with Gasteiger partial charge in [0.05, 0.1) is 11.0 Å². The second-order valence-electron chi connectivity index (χ2n) is 7.02. The van der Waals surface area contributed by atoms with Crippen molar-refractivity contribution in [2.45, 2.75) is 69.9 Å².